The maximum Gasteiger partial charge on any atom is 0.293 e. The zero-order valence-corrected chi connectivity index (χ0v) is 11.7. The lowest BCUT2D eigenvalue weighted by Gasteiger charge is -2.20. The number of hydrogen-bond donors (Lipinski definition) is 1. The zero-order valence-electron chi connectivity index (χ0n) is 11.7. The summed E-state index contributed by atoms with van der Waals surface area (Å²) in [5.74, 6) is 2.83. The topological polar surface area (TPSA) is 61.9 Å². The van der Waals surface area contributed by atoms with Crippen LogP contribution in [0, 0.1) is 11.8 Å². The second kappa shape index (κ2) is 4.94. The van der Waals surface area contributed by atoms with Crippen molar-refractivity contribution in [3.63, 3.8) is 0 Å². The lowest BCUT2D eigenvalue weighted by atomic mass is 10.2. The van der Waals surface area contributed by atoms with Crippen LogP contribution >= 0.6 is 0 Å². The highest BCUT2D eigenvalue weighted by Crippen LogP contribution is 2.34. The van der Waals surface area contributed by atoms with Crippen molar-refractivity contribution in [1.29, 1.82) is 0 Å². The summed E-state index contributed by atoms with van der Waals surface area (Å²) in [6.45, 7) is 5.86. The summed E-state index contributed by atoms with van der Waals surface area (Å²) in [5.41, 5.74) is 0. The Bertz CT molecular complexity index is 446. The van der Waals surface area contributed by atoms with Gasteiger partial charge in [-0.05, 0) is 37.5 Å². The van der Waals surface area contributed by atoms with Gasteiger partial charge in [-0.15, -0.1) is 5.10 Å². The van der Waals surface area contributed by atoms with Crippen LogP contribution in [-0.4, -0.2) is 39.1 Å². The first-order valence-corrected chi connectivity index (χ1v) is 7.35. The zero-order chi connectivity index (χ0) is 13.4. The summed E-state index contributed by atoms with van der Waals surface area (Å²) >= 11 is 0. The molecule has 5 heteroatoms. The predicted molar refractivity (Wildman–Crippen MR) is 71.8 cm³/mol. The lowest BCUT2D eigenvalue weighted by molar-refractivity contribution is 0.0727. The number of rotatable bonds is 6. The predicted octanol–water partition coefficient (Wildman–Crippen LogP) is 2.19. The van der Waals surface area contributed by atoms with Crippen molar-refractivity contribution in [2.24, 2.45) is 11.8 Å². The molecule has 0 unspecified atom stereocenters. The molecule has 19 heavy (non-hydrogen) atoms. The maximum absolute atomic E-state index is 12.5. The molecule has 104 valence electrons. The summed E-state index contributed by atoms with van der Waals surface area (Å²) in [7, 11) is 0. The number of carbonyl (C=O) groups is 1. The molecule has 0 radical (unpaired) electrons. The largest absolute Gasteiger partial charge is 0.335 e. The Labute approximate surface area is 113 Å². The molecule has 2 fully saturated rings. The van der Waals surface area contributed by atoms with E-state index < -0.39 is 0 Å². The van der Waals surface area contributed by atoms with Gasteiger partial charge in [0, 0.05) is 19.0 Å². The van der Waals surface area contributed by atoms with Crippen LogP contribution in [0.15, 0.2) is 0 Å². The first-order valence-electron chi connectivity index (χ1n) is 7.35. The first kappa shape index (κ1) is 12.6. The van der Waals surface area contributed by atoms with Crippen LogP contribution in [0.1, 0.15) is 61.9 Å². The molecule has 0 saturated heterocycles. The van der Waals surface area contributed by atoms with E-state index in [2.05, 4.69) is 15.2 Å². The molecule has 0 atom stereocenters. The van der Waals surface area contributed by atoms with Gasteiger partial charge >= 0.3 is 0 Å². The number of H-pyrrole nitrogens is 1. The van der Waals surface area contributed by atoms with E-state index in [0.717, 1.165) is 18.9 Å². The average molecular weight is 262 g/mol. The summed E-state index contributed by atoms with van der Waals surface area (Å²) in [6.07, 6.45) is 5.05. The molecule has 1 N–H and O–H groups in total. The van der Waals surface area contributed by atoms with E-state index in [1.165, 1.54) is 25.7 Å². The van der Waals surface area contributed by atoms with Crippen molar-refractivity contribution < 1.29 is 4.79 Å². The highest BCUT2D eigenvalue weighted by molar-refractivity contribution is 5.90. The van der Waals surface area contributed by atoms with Crippen molar-refractivity contribution in [3.05, 3.63) is 11.6 Å². The lowest BCUT2D eigenvalue weighted by Crippen LogP contribution is -2.35. The molecule has 2 saturated carbocycles. The molecule has 5 nitrogen and oxygen atoms in total. The quantitative estimate of drug-likeness (QED) is 0.854. The molecule has 1 amide bonds. The third-order valence-corrected chi connectivity index (χ3v) is 3.88. The third-order valence-electron chi connectivity index (χ3n) is 3.88. The fourth-order valence-corrected chi connectivity index (χ4v) is 2.23. The fourth-order valence-electron chi connectivity index (χ4n) is 2.23. The molecular weight excluding hydrogens is 240 g/mol. The molecule has 1 heterocycles. The summed E-state index contributed by atoms with van der Waals surface area (Å²) in [6, 6.07) is 0. The number of nitrogens with zero attached hydrogens (tertiary/aromatic N) is 3. The molecular formula is C14H22N4O. The normalized spacial score (nSPS) is 18.9. The molecule has 1 aromatic rings. The third kappa shape index (κ3) is 3.14. The Morgan fingerprint density at radius 1 is 1.26 bits per heavy atom. The number of hydrogen-bond acceptors (Lipinski definition) is 3. The number of aromatic amines is 1. The first-order chi connectivity index (χ1) is 9.13. The molecule has 1 aromatic heterocycles. The molecule has 0 aromatic carbocycles. The second-order valence-corrected chi connectivity index (χ2v) is 6.30. The van der Waals surface area contributed by atoms with E-state index in [9.17, 15) is 4.79 Å². The minimum atomic E-state index is 0.00181. The van der Waals surface area contributed by atoms with Crippen molar-refractivity contribution >= 4 is 5.91 Å². The standard InChI is InChI=1S/C14H22N4O/c1-9(2)12-15-13(17-16-12)14(19)18(7-10-3-4-10)8-11-5-6-11/h9-11H,3-8H2,1-2H3,(H,15,16,17). The van der Waals surface area contributed by atoms with Crippen LogP contribution in [0.5, 0.6) is 0 Å². The number of nitrogens with one attached hydrogen (secondary N) is 1. The molecule has 3 rings (SSSR count). The fraction of sp³-hybridized carbons (Fsp3) is 0.786. The van der Waals surface area contributed by atoms with Gasteiger partial charge in [0.2, 0.25) is 5.82 Å². The van der Waals surface area contributed by atoms with Crippen LogP contribution in [0.4, 0.5) is 0 Å². The van der Waals surface area contributed by atoms with Crippen LogP contribution < -0.4 is 0 Å². The van der Waals surface area contributed by atoms with Crippen molar-refractivity contribution in [3.8, 4) is 0 Å². The minimum absolute atomic E-state index is 0.00181. The van der Waals surface area contributed by atoms with Crippen LogP contribution in [0.3, 0.4) is 0 Å². The van der Waals surface area contributed by atoms with Gasteiger partial charge in [0.1, 0.15) is 5.82 Å². The van der Waals surface area contributed by atoms with E-state index >= 15 is 0 Å². The van der Waals surface area contributed by atoms with E-state index in [-0.39, 0.29) is 11.8 Å². The van der Waals surface area contributed by atoms with Crippen LogP contribution in [-0.2, 0) is 0 Å². The SMILES string of the molecule is CC(C)c1nc(C(=O)N(CC2CC2)CC2CC2)n[nH]1. The van der Waals surface area contributed by atoms with Gasteiger partial charge in [0.15, 0.2) is 0 Å². The summed E-state index contributed by atoms with van der Waals surface area (Å²) in [5, 5.41) is 6.96. The van der Waals surface area contributed by atoms with E-state index in [0.29, 0.717) is 17.7 Å². The smallest absolute Gasteiger partial charge is 0.293 e. The van der Waals surface area contributed by atoms with E-state index in [1.807, 2.05) is 18.7 Å². The van der Waals surface area contributed by atoms with Gasteiger partial charge in [-0.25, -0.2) is 4.98 Å². The number of carbonyl (C=O) groups excluding carboxylic acids is 1. The molecule has 2 aliphatic rings. The van der Waals surface area contributed by atoms with Crippen molar-refractivity contribution in [2.75, 3.05) is 13.1 Å². The van der Waals surface area contributed by atoms with E-state index in [1.54, 1.807) is 0 Å². The maximum atomic E-state index is 12.5. The highest BCUT2D eigenvalue weighted by atomic mass is 16.2. The Morgan fingerprint density at radius 3 is 2.26 bits per heavy atom. The summed E-state index contributed by atoms with van der Waals surface area (Å²) < 4.78 is 0. The van der Waals surface area contributed by atoms with Gasteiger partial charge in [-0.3, -0.25) is 9.89 Å². The van der Waals surface area contributed by atoms with Gasteiger partial charge in [0.05, 0.1) is 0 Å². The van der Waals surface area contributed by atoms with Gasteiger partial charge in [0.25, 0.3) is 5.91 Å². The van der Waals surface area contributed by atoms with Crippen molar-refractivity contribution in [1.82, 2.24) is 20.1 Å². The van der Waals surface area contributed by atoms with Gasteiger partial charge in [-0.1, -0.05) is 13.8 Å². The summed E-state index contributed by atoms with van der Waals surface area (Å²) in [4.78, 5) is 18.8. The monoisotopic (exact) mass is 262 g/mol. The molecule has 0 bridgehead atoms. The second-order valence-electron chi connectivity index (χ2n) is 6.30. The molecule has 0 aliphatic heterocycles. The Balaban J connectivity index is 1.69. The minimum Gasteiger partial charge on any atom is -0.335 e. The van der Waals surface area contributed by atoms with Gasteiger partial charge in [-0.2, -0.15) is 0 Å². The van der Waals surface area contributed by atoms with E-state index in [4.69, 9.17) is 0 Å². The van der Waals surface area contributed by atoms with Crippen LogP contribution in [0.25, 0.3) is 0 Å². The Hall–Kier alpha value is -1.39. The number of aromatic nitrogens is 3. The van der Waals surface area contributed by atoms with Crippen molar-refractivity contribution in [2.45, 2.75) is 45.4 Å². The molecule has 0 spiro atoms. The Morgan fingerprint density at radius 2 is 1.84 bits per heavy atom. The van der Waals surface area contributed by atoms with Crippen LogP contribution in [0.2, 0.25) is 0 Å². The highest BCUT2D eigenvalue weighted by Gasteiger charge is 2.33. The Kier molecular flexibility index (Phi) is 3.29. The average Bonchev–Trinajstić information content (AvgIpc) is 3.29. The van der Waals surface area contributed by atoms with Gasteiger partial charge < -0.3 is 4.90 Å². The molecule has 2 aliphatic carbocycles. The number of amides is 1.